The van der Waals surface area contributed by atoms with Gasteiger partial charge in [0.2, 0.25) is 5.91 Å². The molecule has 0 aromatic heterocycles. The topological polar surface area (TPSA) is 73.6 Å². The molecule has 1 aliphatic rings. The van der Waals surface area contributed by atoms with E-state index in [1.165, 1.54) is 0 Å². The van der Waals surface area contributed by atoms with Crippen LogP contribution >= 0.6 is 0 Å². The van der Waals surface area contributed by atoms with Gasteiger partial charge >= 0.3 is 0 Å². The highest BCUT2D eigenvalue weighted by atomic mass is 16.5. The van der Waals surface area contributed by atoms with Crippen molar-refractivity contribution in [2.45, 2.75) is 19.3 Å². The Morgan fingerprint density at radius 1 is 1.38 bits per heavy atom. The van der Waals surface area contributed by atoms with Gasteiger partial charge in [0.1, 0.15) is 12.4 Å². The Labute approximate surface area is 125 Å². The molecule has 116 valence electrons. The number of hydrogen-bond acceptors (Lipinski definition) is 4. The number of nitrogens with one attached hydrogen (secondary N) is 1. The van der Waals surface area contributed by atoms with Crippen molar-refractivity contribution in [2.24, 2.45) is 17.6 Å². The maximum Gasteiger partial charge on any atom is 0.227 e. The van der Waals surface area contributed by atoms with Crippen LogP contribution in [0.3, 0.4) is 0 Å². The minimum absolute atomic E-state index is 0.0352. The van der Waals surface area contributed by atoms with Gasteiger partial charge < -0.3 is 20.5 Å². The quantitative estimate of drug-likeness (QED) is 0.754. The van der Waals surface area contributed by atoms with Crippen molar-refractivity contribution in [1.82, 2.24) is 0 Å². The monoisotopic (exact) mass is 292 g/mol. The summed E-state index contributed by atoms with van der Waals surface area (Å²) in [5.74, 6) is 1.14. The second-order valence-corrected chi connectivity index (χ2v) is 5.39. The number of ether oxygens (including phenoxy) is 2. The van der Waals surface area contributed by atoms with Crippen LogP contribution in [-0.4, -0.2) is 32.8 Å². The molecular weight excluding hydrogens is 268 g/mol. The average Bonchev–Trinajstić information content (AvgIpc) is 2.96. The lowest BCUT2D eigenvalue weighted by Gasteiger charge is -2.17. The molecule has 0 bridgehead atoms. The van der Waals surface area contributed by atoms with E-state index in [4.69, 9.17) is 15.2 Å². The zero-order chi connectivity index (χ0) is 15.1. The molecule has 0 spiro atoms. The van der Waals surface area contributed by atoms with Gasteiger partial charge in [0.15, 0.2) is 0 Å². The SMILES string of the molecule is COCCOc1cccc(NC(=O)C2CCCC2CN)c1. The number of benzene rings is 1. The molecule has 0 saturated heterocycles. The van der Waals surface area contributed by atoms with Gasteiger partial charge in [-0.2, -0.15) is 0 Å². The van der Waals surface area contributed by atoms with Gasteiger partial charge in [-0.1, -0.05) is 12.5 Å². The van der Waals surface area contributed by atoms with Crippen LogP contribution in [0.1, 0.15) is 19.3 Å². The fraction of sp³-hybridized carbons (Fsp3) is 0.562. The van der Waals surface area contributed by atoms with Gasteiger partial charge in [0.25, 0.3) is 0 Å². The summed E-state index contributed by atoms with van der Waals surface area (Å²) in [5, 5.41) is 2.97. The lowest BCUT2D eigenvalue weighted by molar-refractivity contribution is -0.120. The van der Waals surface area contributed by atoms with Crippen molar-refractivity contribution in [3.63, 3.8) is 0 Å². The Morgan fingerprint density at radius 2 is 2.24 bits per heavy atom. The van der Waals surface area contributed by atoms with Crippen LogP contribution in [0, 0.1) is 11.8 Å². The van der Waals surface area contributed by atoms with Gasteiger partial charge in [0, 0.05) is 24.8 Å². The van der Waals surface area contributed by atoms with Crippen molar-refractivity contribution in [3.8, 4) is 5.75 Å². The average molecular weight is 292 g/mol. The minimum atomic E-state index is 0.0352. The Morgan fingerprint density at radius 3 is 3.00 bits per heavy atom. The Balaban J connectivity index is 1.92. The molecular formula is C16H24N2O3. The molecule has 1 amide bonds. The molecule has 21 heavy (non-hydrogen) atoms. The van der Waals surface area contributed by atoms with E-state index < -0.39 is 0 Å². The molecule has 2 atom stereocenters. The fourth-order valence-electron chi connectivity index (χ4n) is 2.81. The molecule has 3 N–H and O–H groups in total. The van der Waals surface area contributed by atoms with E-state index in [9.17, 15) is 4.79 Å². The van der Waals surface area contributed by atoms with E-state index in [1.54, 1.807) is 7.11 Å². The Bertz CT molecular complexity index is 465. The van der Waals surface area contributed by atoms with Gasteiger partial charge in [0.05, 0.1) is 6.61 Å². The van der Waals surface area contributed by atoms with Crippen LogP contribution in [-0.2, 0) is 9.53 Å². The molecule has 0 radical (unpaired) electrons. The lowest BCUT2D eigenvalue weighted by Crippen LogP contribution is -2.29. The number of anilines is 1. The third-order valence-electron chi connectivity index (χ3n) is 3.96. The number of amides is 1. The van der Waals surface area contributed by atoms with E-state index in [0.717, 1.165) is 30.7 Å². The van der Waals surface area contributed by atoms with E-state index in [0.29, 0.717) is 25.7 Å². The maximum absolute atomic E-state index is 12.3. The minimum Gasteiger partial charge on any atom is -0.491 e. The highest BCUT2D eigenvalue weighted by Crippen LogP contribution is 2.32. The standard InChI is InChI=1S/C16H24N2O3/c1-20-8-9-21-14-6-3-5-13(10-14)18-16(19)15-7-2-4-12(15)11-17/h3,5-6,10,12,15H,2,4,7-9,11,17H2,1H3,(H,18,19). The molecule has 1 aromatic rings. The van der Waals surface area contributed by atoms with Gasteiger partial charge in [-0.25, -0.2) is 0 Å². The predicted octanol–water partition coefficient (Wildman–Crippen LogP) is 2.03. The van der Waals surface area contributed by atoms with E-state index in [-0.39, 0.29) is 11.8 Å². The van der Waals surface area contributed by atoms with Crippen LogP contribution in [0.25, 0.3) is 0 Å². The Kier molecular flexibility index (Phi) is 6.02. The number of rotatable bonds is 7. The van der Waals surface area contributed by atoms with Crippen molar-refractivity contribution in [3.05, 3.63) is 24.3 Å². The molecule has 1 aromatic carbocycles. The lowest BCUT2D eigenvalue weighted by atomic mass is 9.95. The summed E-state index contributed by atoms with van der Waals surface area (Å²) in [6.45, 7) is 1.61. The number of carbonyl (C=O) groups is 1. The summed E-state index contributed by atoms with van der Waals surface area (Å²) in [4.78, 5) is 12.3. The molecule has 5 heteroatoms. The number of carbonyl (C=O) groups excluding carboxylic acids is 1. The van der Waals surface area contributed by atoms with Crippen LogP contribution < -0.4 is 15.8 Å². The molecule has 0 aliphatic heterocycles. The van der Waals surface area contributed by atoms with Crippen molar-refractivity contribution < 1.29 is 14.3 Å². The molecule has 2 unspecified atom stereocenters. The van der Waals surface area contributed by atoms with E-state index >= 15 is 0 Å². The first-order chi connectivity index (χ1) is 10.2. The summed E-state index contributed by atoms with van der Waals surface area (Å²) in [6.07, 6.45) is 3.06. The molecule has 1 aliphatic carbocycles. The van der Waals surface area contributed by atoms with Crippen molar-refractivity contribution >= 4 is 11.6 Å². The van der Waals surface area contributed by atoms with Crippen LogP contribution in [0.15, 0.2) is 24.3 Å². The zero-order valence-electron chi connectivity index (χ0n) is 12.5. The number of methoxy groups -OCH3 is 1. The van der Waals surface area contributed by atoms with Crippen LogP contribution in [0.2, 0.25) is 0 Å². The highest BCUT2D eigenvalue weighted by Gasteiger charge is 2.31. The summed E-state index contributed by atoms with van der Waals surface area (Å²) >= 11 is 0. The first-order valence-electron chi connectivity index (χ1n) is 7.47. The summed E-state index contributed by atoms with van der Waals surface area (Å²) in [7, 11) is 1.63. The Hall–Kier alpha value is -1.59. The number of nitrogens with two attached hydrogens (primary N) is 1. The number of hydrogen-bond donors (Lipinski definition) is 2. The largest absolute Gasteiger partial charge is 0.491 e. The zero-order valence-corrected chi connectivity index (χ0v) is 12.5. The normalized spacial score (nSPS) is 21.2. The first-order valence-corrected chi connectivity index (χ1v) is 7.47. The molecule has 1 fully saturated rings. The summed E-state index contributed by atoms with van der Waals surface area (Å²) < 4.78 is 10.5. The smallest absolute Gasteiger partial charge is 0.227 e. The van der Waals surface area contributed by atoms with Crippen molar-refractivity contribution in [2.75, 3.05) is 32.2 Å². The van der Waals surface area contributed by atoms with Gasteiger partial charge in [-0.05, 0) is 37.4 Å². The second-order valence-electron chi connectivity index (χ2n) is 5.39. The van der Waals surface area contributed by atoms with Crippen molar-refractivity contribution in [1.29, 1.82) is 0 Å². The van der Waals surface area contributed by atoms with Gasteiger partial charge in [-0.15, -0.1) is 0 Å². The molecule has 1 saturated carbocycles. The van der Waals surface area contributed by atoms with Gasteiger partial charge in [-0.3, -0.25) is 4.79 Å². The first kappa shape index (κ1) is 15.8. The molecule has 2 rings (SSSR count). The molecule has 5 nitrogen and oxygen atoms in total. The molecule has 0 heterocycles. The van der Waals surface area contributed by atoms with Crippen LogP contribution in [0.4, 0.5) is 5.69 Å². The van der Waals surface area contributed by atoms with Crippen LogP contribution in [0.5, 0.6) is 5.75 Å². The van der Waals surface area contributed by atoms with E-state index in [2.05, 4.69) is 5.32 Å². The fourth-order valence-corrected chi connectivity index (χ4v) is 2.81. The highest BCUT2D eigenvalue weighted by molar-refractivity contribution is 5.93. The summed E-state index contributed by atoms with van der Waals surface area (Å²) in [5.41, 5.74) is 6.50. The van der Waals surface area contributed by atoms with E-state index in [1.807, 2.05) is 24.3 Å². The summed E-state index contributed by atoms with van der Waals surface area (Å²) in [6, 6.07) is 7.43. The second kappa shape index (κ2) is 8.00. The third kappa shape index (κ3) is 4.44. The maximum atomic E-state index is 12.3. The predicted molar refractivity (Wildman–Crippen MR) is 82.3 cm³/mol. The third-order valence-corrected chi connectivity index (χ3v) is 3.96.